The molecule has 1 aromatic heterocycles. The molecule has 1 saturated carbocycles. The SMILES string of the molecule is Cc1cc(CN)nn1C1CC1. The minimum absolute atomic E-state index is 0.556. The van der Waals surface area contributed by atoms with Gasteiger partial charge < -0.3 is 5.73 Å². The average Bonchev–Trinajstić information content (AvgIpc) is 2.76. The fourth-order valence-corrected chi connectivity index (χ4v) is 1.34. The Kier molecular flexibility index (Phi) is 1.46. The molecular weight excluding hydrogens is 138 g/mol. The van der Waals surface area contributed by atoms with Gasteiger partial charge in [-0.3, -0.25) is 4.68 Å². The molecule has 0 atom stereocenters. The molecule has 2 rings (SSSR count). The molecule has 3 heteroatoms. The van der Waals surface area contributed by atoms with E-state index in [0.717, 1.165) is 5.69 Å². The quantitative estimate of drug-likeness (QED) is 0.684. The van der Waals surface area contributed by atoms with Gasteiger partial charge in [0, 0.05) is 12.2 Å². The minimum atomic E-state index is 0.556. The second kappa shape index (κ2) is 2.34. The van der Waals surface area contributed by atoms with Gasteiger partial charge in [-0.2, -0.15) is 5.10 Å². The third-order valence-electron chi connectivity index (χ3n) is 2.07. The Morgan fingerprint density at radius 2 is 2.45 bits per heavy atom. The van der Waals surface area contributed by atoms with Gasteiger partial charge >= 0.3 is 0 Å². The second-order valence-corrected chi connectivity index (χ2v) is 3.16. The molecule has 0 unspecified atom stereocenters. The van der Waals surface area contributed by atoms with Crippen LogP contribution in [0.25, 0.3) is 0 Å². The van der Waals surface area contributed by atoms with E-state index >= 15 is 0 Å². The zero-order chi connectivity index (χ0) is 7.84. The van der Waals surface area contributed by atoms with Gasteiger partial charge in [-0.15, -0.1) is 0 Å². The van der Waals surface area contributed by atoms with E-state index in [1.807, 2.05) is 0 Å². The summed E-state index contributed by atoms with van der Waals surface area (Å²) in [6.07, 6.45) is 2.57. The van der Waals surface area contributed by atoms with Crippen LogP contribution in [0.3, 0.4) is 0 Å². The van der Waals surface area contributed by atoms with Gasteiger partial charge in [0.05, 0.1) is 11.7 Å². The van der Waals surface area contributed by atoms with Crippen molar-refractivity contribution in [3.63, 3.8) is 0 Å². The van der Waals surface area contributed by atoms with Crippen molar-refractivity contribution in [1.29, 1.82) is 0 Å². The van der Waals surface area contributed by atoms with E-state index in [1.54, 1.807) is 0 Å². The van der Waals surface area contributed by atoms with E-state index in [9.17, 15) is 0 Å². The maximum absolute atomic E-state index is 5.48. The summed E-state index contributed by atoms with van der Waals surface area (Å²) in [6.45, 7) is 2.64. The molecule has 0 spiro atoms. The van der Waals surface area contributed by atoms with Crippen LogP contribution >= 0.6 is 0 Å². The predicted molar refractivity (Wildman–Crippen MR) is 43.1 cm³/mol. The highest BCUT2D eigenvalue weighted by molar-refractivity contribution is 5.10. The molecule has 0 aromatic carbocycles. The minimum Gasteiger partial charge on any atom is -0.325 e. The highest BCUT2D eigenvalue weighted by Crippen LogP contribution is 2.35. The second-order valence-electron chi connectivity index (χ2n) is 3.16. The molecule has 60 valence electrons. The van der Waals surface area contributed by atoms with Crippen molar-refractivity contribution in [2.45, 2.75) is 32.4 Å². The van der Waals surface area contributed by atoms with Gasteiger partial charge in [0.15, 0.2) is 0 Å². The lowest BCUT2D eigenvalue weighted by atomic mass is 10.4. The number of aryl methyl sites for hydroxylation is 1. The van der Waals surface area contributed by atoms with E-state index in [-0.39, 0.29) is 0 Å². The summed E-state index contributed by atoms with van der Waals surface area (Å²) in [5.41, 5.74) is 7.73. The maximum atomic E-state index is 5.48. The maximum Gasteiger partial charge on any atom is 0.0763 e. The van der Waals surface area contributed by atoms with Gasteiger partial charge in [0.1, 0.15) is 0 Å². The molecular formula is C8H13N3. The predicted octanol–water partition coefficient (Wildman–Crippen LogP) is 0.985. The van der Waals surface area contributed by atoms with E-state index in [0.29, 0.717) is 12.6 Å². The third kappa shape index (κ3) is 1.16. The van der Waals surface area contributed by atoms with Crippen molar-refractivity contribution in [3.05, 3.63) is 17.5 Å². The molecule has 0 amide bonds. The molecule has 1 aromatic rings. The van der Waals surface area contributed by atoms with Crippen LogP contribution in [0.15, 0.2) is 6.07 Å². The summed E-state index contributed by atoms with van der Waals surface area (Å²) < 4.78 is 2.10. The Hall–Kier alpha value is -0.830. The highest BCUT2D eigenvalue weighted by atomic mass is 15.3. The number of hydrogen-bond acceptors (Lipinski definition) is 2. The van der Waals surface area contributed by atoms with Gasteiger partial charge in [-0.25, -0.2) is 0 Å². The molecule has 0 radical (unpaired) electrons. The largest absolute Gasteiger partial charge is 0.325 e. The first-order valence-electron chi connectivity index (χ1n) is 4.06. The number of nitrogens with two attached hydrogens (primary N) is 1. The van der Waals surface area contributed by atoms with E-state index in [1.165, 1.54) is 18.5 Å². The Bertz CT molecular complexity index is 260. The number of aromatic nitrogens is 2. The lowest BCUT2D eigenvalue weighted by Crippen LogP contribution is -2.01. The first-order valence-corrected chi connectivity index (χ1v) is 4.06. The normalized spacial score (nSPS) is 17.3. The van der Waals surface area contributed by atoms with Crippen LogP contribution in [-0.4, -0.2) is 9.78 Å². The van der Waals surface area contributed by atoms with E-state index in [4.69, 9.17) is 5.73 Å². The van der Waals surface area contributed by atoms with Crippen LogP contribution in [0.2, 0.25) is 0 Å². The van der Waals surface area contributed by atoms with Crippen molar-refractivity contribution in [3.8, 4) is 0 Å². The lowest BCUT2D eigenvalue weighted by molar-refractivity contribution is 0.612. The lowest BCUT2D eigenvalue weighted by Gasteiger charge is -1.98. The Morgan fingerprint density at radius 3 is 2.91 bits per heavy atom. The van der Waals surface area contributed by atoms with Crippen LogP contribution < -0.4 is 5.73 Å². The van der Waals surface area contributed by atoms with Crippen LogP contribution in [0.5, 0.6) is 0 Å². The first kappa shape index (κ1) is 6.85. The molecule has 1 aliphatic rings. The summed E-state index contributed by atoms with van der Waals surface area (Å²) in [4.78, 5) is 0. The van der Waals surface area contributed by atoms with Crippen molar-refractivity contribution >= 4 is 0 Å². The molecule has 0 bridgehead atoms. The Labute approximate surface area is 66.2 Å². The highest BCUT2D eigenvalue weighted by Gasteiger charge is 2.25. The average molecular weight is 151 g/mol. The topological polar surface area (TPSA) is 43.8 Å². The number of nitrogens with zero attached hydrogens (tertiary/aromatic N) is 2. The summed E-state index contributed by atoms with van der Waals surface area (Å²) >= 11 is 0. The number of hydrogen-bond donors (Lipinski definition) is 1. The smallest absolute Gasteiger partial charge is 0.0763 e. The monoisotopic (exact) mass is 151 g/mol. The molecule has 0 saturated heterocycles. The molecule has 2 N–H and O–H groups in total. The van der Waals surface area contributed by atoms with E-state index < -0.39 is 0 Å². The summed E-state index contributed by atoms with van der Waals surface area (Å²) in [5.74, 6) is 0. The molecule has 0 aliphatic heterocycles. The zero-order valence-electron chi connectivity index (χ0n) is 6.75. The van der Waals surface area contributed by atoms with Gasteiger partial charge in [-0.1, -0.05) is 0 Å². The van der Waals surface area contributed by atoms with Gasteiger partial charge in [0.2, 0.25) is 0 Å². The Balaban J connectivity index is 2.30. The third-order valence-corrected chi connectivity index (χ3v) is 2.07. The van der Waals surface area contributed by atoms with Gasteiger partial charge in [-0.05, 0) is 25.8 Å². The van der Waals surface area contributed by atoms with Crippen LogP contribution in [0, 0.1) is 6.92 Å². The van der Waals surface area contributed by atoms with Crippen molar-refractivity contribution in [2.24, 2.45) is 5.73 Å². The summed E-state index contributed by atoms with van der Waals surface area (Å²) in [7, 11) is 0. The van der Waals surface area contributed by atoms with Crippen LogP contribution in [0.4, 0.5) is 0 Å². The zero-order valence-corrected chi connectivity index (χ0v) is 6.75. The molecule has 1 heterocycles. The fraction of sp³-hybridized carbons (Fsp3) is 0.625. The summed E-state index contributed by atoms with van der Waals surface area (Å²) in [5, 5.41) is 4.38. The fourth-order valence-electron chi connectivity index (χ4n) is 1.34. The molecule has 3 nitrogen and oxygen atoms in total. The first-order chi connectivity index (χ1) is 5.31. The van der Waals surface area contributed by atoms with Crippen molar-refractivity contribution in [2.75, 3.05) is 0 Å². The summed E-state index contributed by atoms with van der Waals surface area (Å²) in [6, 6.07) is 2.74. The van der Waals surface area contributed by atoms with Crippen LogP contribution in [-0.2, 0) is 6.54 Å². The molecule has 11 heavy (non-hydrogen) atoms. The van der Waals surface area contributed by atoms with Crippen molar-refractivity contribution in [1.82, 2.24) is 9.78 Å². The Morgan fingerprint density at radius 1 is 1.73 bits per heavy atom. The standard InChI is InChI=1S/C8H13N3/c1-6-4-7(5-9)10-11(6)8-2-3-8/h4,8H,2-3,5,9H2,1H3. The van der Waals surface area contributed by atoms with Crippen molar-refractivity contribution < 1.29 is 0 Å². The number of rotatable bonds is 2. The van der Waals surface area contributed by atoms with Crippen LogP contribution in [0.1, 0.15) is 30.3 Å². The van der Waals surface area contributed by atoms with Gasteiger partial charge in [0.25, 0.3) is 0 Å². The van der Waals surface area contributed by atoms with E-state index in [2.05, 4.69) is 22.8 Å². The molecule has 1 aliphatic carbocycles. The molecule has 1 fully saturated rings.